The van der Waals surface area contributed by atoms with Crippen molar-refractivity contribution in [2.45, 2.75) is 25.9 Å². The molecule has 2 unspecified atom stereocenters. The Morgan fingerprint density at radius 3 is 2.38 bits per heavy atom. The van der Waals surface area contributed by atoms with E-state index in [0.717, 1.165) is 0 Å². The number of benzene rings is 1. The number of carbonyl (C=O) groups excluding carboxylic acids is 2. The van der Waals surface area contributed by atoms with Gasteiger partial charge >= 0.3 is 18.1 Å². The summed E-state index contributed by atoms with van der Waals surface area (Å²) in [6.07, 6.45) is -5.01. The summed E-state index contributed by atoms with van der Waals surface area (Å²) in [7, 11) is 0. The van der Waals surface area contributed by atoms with Crippen LogP contribution in [0, 0.1) is 5.92 Å². The molecule has 2 rings (SSSR count). The Hall–Kier alpha value is -2.43. The predicted octanol–water partition coefficient (Wildman–Crippen LogP) is 3.41. The number of ether oxygens (including phenoxy) is 3. The van der Waals surface area contributed by atoms with Crippen LogP contribution < -0.4 is 5.73 Å². The molecule has 1 heterocycles. The standard InChI is InChI=1S/C21H24ClF3N2O5/c1-3-31-19(28)16-14(11-30-10-9-26)27-18(21(23,24)25)17(20(29)32-4-2)15(16)12-7-5-6-8-13(12)22/h5-8,15-16H,3-4,9-11,26H2,1-2H3. The topological polar surface area (TPSA) is 100 Å². The molecule has 11 heteroatoms. The number of halogens is 4. The van der Waals surface area contributed by atoms with Gasteiger partial charge in [0.25, 0.3) is 0 Å². The highest BCUT2D eigenvalue weighted by Crippen LogP contribution is 2.46. The minimum absolute atomic E-state index is 0.0289. The number of aliphatic imine (C=N–C) groups is 1. The Morgan fingerprint density at radius 2 is 1.81 bits per heavy atom. The lowest BCUT2D eigenvalue weighted by atomic mass is 9.75. The molecular formula is C21H24ClF3N2O5. The van der Waals surface area contributed by atoms with E-state index in [1.807, 2.05) is 0 Å². The average molecular weight is 477 g/mol. The monoisotopic (exact) mass is 476 g/mol. The van der Waals surface area contributed by atoms with Crippen molar-refractivity contribution in [2.24, 2.45) is 16.6 Å². The summed E-state index contributed by atoms with van der Waals surface area (Å²) in [6, 6.07) is 6.00. The zero-order valence-corrected chi connectivity index (χ0v) is 18.3. The SMILES string of the molecule is CCOC(=O)C1=C(C(F)(F)F)N=C(COCCN)C(C(=O)OCC)C1c1ccccc1Cl. The molecule has 0 bridgehead atoms. The number of alkyl halides is 3. The van der Waals surface area contributed by atoms with Gasteiger partial charge in [0.15, 0.2) is 5.70 Å². The molecule has 32 heavy (non-hydrogen) atoms. The van der Waals surface area contributed by atoms with E-state index < -0.39 is 47.8 Å². The van der Waals surface area contributed by atoms with Crippen molar-refractivity contribution in [3.63, 3.8) is 0 Å². The summed E-state index contributed by atoms with van der Waals surface area (Å²) >= 11 is 6.29. The lowest BCUT2D eigenvalue weighted by Crippen LogP contribution is -2.41. The maximum absolute atomic E-state index is 14.0. The zero-order valence-electron chi connectivity index (χ0n) is 17.6. The number of allylic oxidation sites excluding steroid dienone is 1. The van der Waals surface area contributed by atoms with Crippen molar-refractivity contribution in [1.29, 1.82) is 0 Å². The van der Waals surface area contributed by atoms with Gasteiger partial charge in [-0.15, -0.1) is 0 Å². The number of hydrogen-bond acceptors (Lipinski definition) is 7. The lowest BCUT2D eigenvalue weighted by Gasteiger charge is -2.33. The molecule has 0 fully saturated rings. The maximum atomic E-state index is 14.0. The van der Waals surface area contributed by atoms with Gasteiger partial charge < -0.3 is 19.9 Å². The van der Waals surface area contributed by atoms with Gasteiger partial charge in [0.05, 0.1) is 37.7 Å². The Bertz CT molecular complexity index is 902. The van der Waals surface area contributed by atoms with E-state index in [1.54, 1.807) is 13.0 Å². The fraction of sp³-hybridized carbons (Fsp3) is 0.476. The van der Waals surface area contributed by atoms with E-state index in [9.17, 15) is 22.8 Å². The summed E-state index contributed by atoms with van der Waals surface area (Å²) in [5.74, 6) is -4.95. The molecule has 0 saturated carbocycles. The molecule has 0 saturated heterocycles. The van der Waals surface area contributed by atoms with Gasteiger partial charge in [-0.3, -0.25) is 4.79 Å². The van der Waals surface area contributed by atoms with Crippen molar-refractivity contribution >= 4 is 29.3 Å². The first kappa shape index (κ1) is 25.8. The number of esters is 2. The minimum Gasteiger partial charge on any atom is -0.465 e. The van der Waals surface area contributed by atoms with Crippen molar-refractivity contribution in [3.05, 3.63) is 46.1 Å². The van der Waals surface area contributed by atoms with E-state index >= 15 is 0 Å². The van der Waals surface area contributed by atoms with Crippen molar-refractivity contribution in [3.8, 4) is 0 Å². The first-order chi connectivity index (χ1) is 15.2. The molecule has 1 aromatic rings. The zero-order chi connectivity index (χ0) is 23.9. The van der Waals surface area contributed by atoms with Crippen LogP contribution in [0.3, 0.4) is 0 Å². The summed E-state index contributed by atoms with van der Waals surface area (Å²) < 4.78 is 57.4. The van der Waals surface area contributed by atoms with Gasteiger partial charge in [-0.05, 0) is 25.5 Å². The highest BCUT2D eigenvalue weighted by atomic mass is 35.5. The fourth-order valence-electron chi connectivity index (χ4n) is 3.38. The number of nitrogens with two attached hydrogens (primary N) is 1. The second-order valence-electron chi connectivity index (χ2n) is 6.65. The summed E-state index contributed by atoms with van der Waals surface area (Å²) in [5.41, 5.74) is 2.99. The Morgan fingerprint density at radius 1 is 1.16 bits per heavy atom. The maximum Gasteiger partial charge on any atom is 0.433 e. The number of nitrogens with zero attached hydrogens (tertiary/aromatic N) is 1. The van der Waals surface area contributed by atoms with Crippen LogP contribution in [0.1, 0.15) is 25.3 Å². The van der Waals surface area contributed by atoms with Crippen molar-refractivity contribution in [1.82, 2.24) is 0 Å². The largest absolute Gasteiger partial charge is 0.465 e. The molecule has 1 aliphatic heterocycles. The first-order valence-electron chi connectivity index (χ1n) is 9.92. The van der Waals surface area contributed by atoms with Crippen LogP contribution in [0.4, 0.5) is 13.2 Å². The predicted molar refractivity (Wildman–Crippen MR) is 111 cm³/mol. The van der Waals surface area contributed by atoms with Crippen LogP contribution in [-0.2, 0) is 23.8 Å². The molecule has 1 aromatic carbocycles. The molecule has 0 aromatic heterocycles. The molecule has 2 atom stereocenters. The third-order valence-electron chi connectivity index (χ3n) is 4.57. The molecule has 2 N–H and O–H groups in total. The van der Waals surface area contributed by atoms with E-state index in [2.05, 4.69) is 4.99 Å². The van der Waals surface area contributed by atoms with Gasteiger partial charge in [-0.2, -0.15) is 13.2 Å². The second-order valence-corrected chi connectivity index (χ2v) is 7.06. The van der Waals surface area contributed by atoms with Gasteiger partial charge in [-0.1, -0.05) is 29.8 Å². The van der Waals surface area contributed by atoms with E-state index in [1.165, 1.54) is 25.1 Å². The van der Waals surface area contributed by atoms with Gasteiger partial charge in [-0.25, -0.2) is 9.79 Å². The van der Waals surface area contributed by atoms with Crippen molar-refractivity contribution in [2.75, 3.05) is 33.0 Å². The van der Waals surface area contributed by atoms with Crippen molar-refractivity contribution < 1.29 is 37.0 Å². The van der Waals surface area contributed by atoms with Gasteiger partial charge in [0, 0.05) is 17.5 Å². The molecule has 0 radical (unpaired) electrons. The van der Waals surface area contributed by atoms with Crippen LogP contribution in [-0.4, -0.2) is 56.8 Å². The Kier molecular flexibility index (Phi) is 9.23. The number of hydrogen-bond donors (Lipinski definition) is 1. The Balaban J connectivity index is 2.83. The quantitative estimate of drug-likeness (QED) is 0.433. The number of carbonyl (C=O) groups is 2. The normalized spacial score (nSPS) is 18.9. The molecule has 7 nitrogen and oxygen atoms in total. The van der Waals surface area contributed by atoms with E-state index in [0.29, 0.717) is 0 Å². The van der Waals surface area contributed by atoms with Crippen LogP contribution in [0.5, 0.6) is 0 Å². The molecule has 0 amide bonds. The third-order valence-corrected chi connectivity index (χ3v) is 4.91. The molecule has 0 spiro atoms. The molecule has 1 aliphatic rings. The third kappa shape index (κ3) is 5.87. The van der Waals surface area contributed by atoms with Crippen LogP contribution in [0.2, 0.25) is 5.02 Å². The highest BCUT2D eigenvalue weighted by molar-refractivity contribution is 6.31. The van der Waals surface area contributed by atoms with E-state index in [-0.39, 0.29) is 42.7 Å². The first-order valence-corrected chi connectivity index (χ1v) is 10.3. The summed E-state index contributed by atoms with van der Waals surface area (Å²) in [6.45, 7) is 2.52. The summed E-state index contributed by atoms with van der Waals surface area (Å²) in [4.78, 5) is 29.3. The smallest absolute Gasteiger partial charge is 0.433 e. The van der Waals surface area contributed by atoms with Gasteiger partial charge in [0.2, 0.25) is 0 Å². The highest BCUT2D eigenvalue weighted by Gasteiger charge is 2.51. The van der Waals surface area contributed by atoms with Crippen LogP contribution >= 0.6 is 11.6 Å². The second kappa shape index (κ2) is 11.4. The average Bonchev–Trinajstić information content (AvgIpc) is 2.73. The van der Waals surface area contributed by atoms with E-state index in [4.69, 9.17) is 31.5 Å². The molecule has 0 aliphatic carbocycles. The molecule has 176 valence electrons. The number of rotatable bonds is 9. The summed E-state index contributed by atoms with van der Waals surface area (Å²) in [5, 5.41) is 0.0687. The van der Waals surface area contributed by atoms with Gasteiger partial charge in [0.1, 0.15) is 5.92 Å². The minimum atomic E-state index is -5.01. The van der Waals surface area contributed by atoms with Crippen LogP contribution in [0.15, 0.2) is 40.5 Å². The molecular weight excluding hydrogens is 453 g/mol. The lowest BCUT2D eigenvalue weighted by molar-refractivity contribution is -0.147. The Labute approximate surface area is 188 Å². The van der Waals surface area contributed by atoms with Crippen LogP contribution in [0.25, 0.3) is 0 Å². The fourth-order valence-corrected chi connectivity index (χ4v) is 3.63.